The van der Waals surface area contributed by atoms with Gasteiger partial charge in [0.2, 0.25) is 5.88 Å². The quantitative estimate of drug-likeness (QED) is 0.299. The Hall–Kier alpha value is -3.22. The minimum atomic E-state index is -0.437. The number of para-hydroxylation sites is 1. The van der Waals surface area contributed by atoms with Crippen molar-refractivity contribution in [3.05, 3.63) is 53.0 Å². The van der Waals surface area contributed by atoms with Crippen molar-refractivity contribution in [2.45, 2.75) is 41.5 Å². The molecule has 0 saturated heterocycles. The van der Waals surface area contributed by atoms with E-state index in [9.17, 15) is 4.79 Å². The van der Waals surface area contributed by atoms with E-state index in [0.29, 0.717) is 34.3 Å². The Kier molecular flexibility index (Phi) is 9.51. The van der Waals surface area contributed by atoms with Gasteiger partial charge in [-0.15, -0.1) is 0 Å². The van der Waals surface area contributed by atoms with Crippen LogP contribution in [0, 0.1) is 13.8 Å². The molecule has 0 spiro atoms. The second-order valence-corrected chi connectivity index (χ2v) is 5.71. The van der Waals surface area contributed by atoms with Crippen LogP contribution in [0.1, 0.15) is 50.3 Å². The highest BCUT2D eigenvalue weighted by atomic mass is 16.6. The standard InChI is InChI=1S/C20H23N3O4.C2H6/c1-7-15(20(24)25-5)16-10-8-9-11-17(16)27-19-12(2)13(3)21-18(22-19)14(4)23-26-6;1-2/h7-11H,1-6H3;1-2H3/b15-7-,23-14-;. The summed E-state index contributed by atoms with van der Waals surface area (Å²) in [5.74, 6) is 0.847. The molecule has 0 fully saturated rings. The first-order valence-corrected chi connectivity index (χ1v) is 9.38. The Balaban J connectivity index is 0.00000204. The Bertz CT molecular complexity index is 905. The number of aromatic nitrogens is 2. The van der Waals surface area contributed by atoms with Gasteiger partial charge in [0.25, 0.3) is 0 Å². The zero-order valence-electron chi connectivity index (χ0n) is 18.4. The number of rotatable bonds is 6. The number of nitrogens with zero attached hydrogens (tertiary/aromatic N) is 3. The lowest BCUT2D eigenvalue weighted by Crippen LogP contribution is -2.09. The molecule has 0 atom stereocenters. The van der Waals surface area contributed by atoms with Gasteiger partial charge in [-0.05, 0) is 33.8 Å². The molecule has 2 aromatic rings. The zero-order chi connectivity index (χ0) is 22.0. The number of benzene rings is 1. The second-order valence-electron chi connectivity index (χ2n) is 5.71. The van der Waals surface area contributed by atoms with Crippen LogP contribution in [0.3, 0.4) is 0 Å². The predicted molar refractivity (Wildman–Crippen MR) is 114 cm³/mol. The number of esters is 1. The van der Waals surface area contributed by atoms with Crippen LogP contribution in [0.5, 0.6) is 11.6 Å². The van der Waals surface area contributed by atoms with Crippen LogP contribution in [-0.4, -0.2) is 35.9 Å². The number of aryl methyl sites for hydroxylation is 1. The molecule has 0 aliphatic carbocycles. The maximum absolute atomic E-state index is 12.1. The van der Waals surface area contributed by atoms with Crippen LogP contribution in [0.4, 0.5) is 0 Å². The molecule has 0 radical (unpaired) electrons. The van der Waals surface area contributed by atoms with Crippen LogP contribution in [0.25, 0.3) is 5.57 Å². The first-order valence-electron chi connectivity index (χ1n) is 9.38. The Morgan fingerprint density at radius 1 is 1.10 bits per heavy atom. The normalized spacial score (nSPS) is 11.3. The number of allylic oxidation sites excluding steroid dienone is 1. The van der Waals surface area contributed by atoms with E-state index in [1.807, 2.05) is 39.8 Å². The summed E-state index contributed by atoms with van der Waals surface area (Å²) in [6, 6.07) is 7.22. The van der Waals surface area contributed by atoms with Crippen molar-refractivity contribution in [3.8, 4) is 11.6 Å². The predicted octanol–water partition coefficient (Wildman–Crippen LogP) is 4.86. The average molecular weight is 399 g/mol. The minimum Gasteiger partial charge on any atom is -0.465 e. The van der Waals surface area contributed by atoms with E-state index in [0.717, 1.165) is 11.3 Å². The van der Waals surface area contributed by atoms with Crippen molar-refractivity contribution in [2.75, 3.05) is 14.2 Å². The number of carbonyl (C=O) groups excluding carboxylic acids is 1. The molecule has 156 valence electrons. The van der Waals surface area contributed by atoms with Gasteiger partial charge < -0.3 is 14.3 Å². The summed E-state index contributed by atoms with van der Waals surface area (Å²) in [7, 11) is 2.81. The molecular weight excluding hydrogens is 370 g/mol. The Morgan fingerprint density at radius 3 is 2.34 bits per heavy atom. The summed E-state index contributed by atoms with van der Waals surface area (Å²) in [5.41, 5.74) is 3.11. The highest BCUT2D eigenvalue weighted by Crippen LogP contribution is 2.32. The third-order valence-electron chi connectivity index (χ3n) is 3.97. The van der Waals surface area contributed by atoms with Crippen molar-refractivity contribution in [2.24, 2.45) is 5.16 Å². The monoisotopic (exact) mass is 399 g/mol. The van der Waals surface area contributed by atoms with Crippen LogP contribution in [0.2, 0.25) is 0 Å². The molecule has 1 heterocycles. The van der Waals surface area contributed by atoms with Gasteiger partial charge in [-0.1, -0.05) is 43.3 Å². The lowest BCUT2D eigenvalue weighted by molar-refractivity contribution is -0.133. The van der Waals surface area contributed by atoms with Crippen molar-refractivity contribution >= 4 is 17.3 Å². The first-order chi connectivity index (χ1) is 13.9. The van der Waals surface area contributed by atoms with Crippen molar-refractivity contribution in [1.82, 2.24) is 9.97 Å². The summed E-state index contributed by atoms with van der Waals surface area (Å²) >= 11 is 0. The summed E-state index contributed by atoms with van der Waals surface area (Å²) in [5, 5.41) is 3.87. The lowest BCUT2D eigenvalue weighted by Gasteiger charge is -2.15. The van der Waals surface area contributed by atoms with E-state index < -0.39 is 5.97 Å². The first kappa shape index (κ1) is 23.8. The van der Waals surface area contributed by atoms with Gasteiger partial charge in [0.1, 0.15) is 18.6 Å². The summed E-state index contributed by atoms with van der Waals surface area (Å²) in [6.07, 6.45) is 1.69. The number of carbonyl (C=O) groups is 1. The smallest absolute Gasteiger partial charge is 0.338 e. The van der Waals surface area contributed by atoms with Crippen LogP contribution < -0.4 is 4.74 Å². The number of methoxy groups -OCH3 is 1. The molecular formula is C22H29N3O4. The highest BCUT2D eigenvalue weighted by molar-refractivity contribution is 6.17. The van der Waals surface area contributed by atoms with E-state index >= 15 is 0 Å². The molecule has 0 saturated carbocycles. The molecule has 0 aliphatic rings. The molecule has 7 nitrogen and oxygen atoms in total. The third kappa shape index (κ3) is 5.88. The van der Waals surface area contributed by atoms with Crippen LogP contribution >= 0.6 is 0 Å². The van der Waals surface area contributed by atoms with Gasteiger partial charge in [0, 0.05) is 16.8 Å². The molecule has 1 aromatic heterocycles. The lowest BCUT2D eigenvalue weighted by atomic mass is 10.0. The fourth-order valence-electron chi connectivity index (χ4n) is 2.42. The van der Waals surface area contributed by atoms with E-state index in [2.05, 4.69) is 15.1 Å². The van der Waals surface area contributed by atoms with Gasteiger partial charge in [-0.25, -0.2) is 9.78 Å². The molecule has 0 amide bonds. The van der Waals surface area contributed by atoms with Crippen molar-refractivity contribution in [1.29, 1.82) is 0 Å². The number of hydrogen-bond acceptors (Lipinski definition) is 7. The van der Waals surface area contributed by atoms with E-state index in [-0.39, 0.29) is 0 Å². The van der Waals surface area contributed by atoms with Crippen molar-refractivity contribution < 1.29 is 19.1 Å². The van der Waals surface area contributed by atoms with Gasteiger partial charge in [0.15, 0.2) is 5.82 Å². The summed E-state index contributed by atoms with van der Waals surface area (Å²) < 4.78 is 10.9. The zero-order valence-corrected chi connectivity index (χ0v) is 18.4. The topological polar surface area (TPSA) is 82.9 Å². The van der Waals surface area contributed by atoms with E-state index in [1.165, 1.54) is 14.2 Å². The van der Waals surface area contributed by atoms with Crippen LogP contribution in [-0.2, 0) is 14.4 Å². The third-order valence-corrected chi connectivity index (χ3v) is 3.97. The second kappa shape index (κ2) is 11.6. The number of ether oxygens (including phenoxy) is 2. The summed E-state index contributed by atoms with van der Waals surface area (Å²) in [6.45, 7) is 11.3. The average Bonchev–Trinajstić information content (AvgIpc) is 2.74. The van der Waals surface area contributed by atoms with E-state index in [1.54, 1.807) is 32.1 Å². The highest BCUT2D eigenvalue weighted by Gasteiger charge is 2.18. The number of hydrogen-bond donors (Lipinski definition) is 0. The van der Waals surface area contributed by atoms with Crippen LogP contribution in [0.15, 0.2) is 35.5 Å². The van der Waals surface area contributed by atoms with Gasteiger partial charge in [-0.2, -0.15) is 4.98 Å². The maximum atomic E-state index is 12.1. The fourth-order valence-corrected chi connectivity index (χ4v) is 2.42. The molecule has 0 N–H and O–H groups in total. The molecule has 1 aromatic carbocycles. The summed E-state index contributed by atoms with van der Waals surface area (Å²) in [4.78, 5) is 25.8. The van der Waals surface area contributed by atoms with Crippen molar-refractivity contribution in [3.63, 3.8) is 0 Å². The molecule has 29 heavy (non-hydrogen) atoms. The van der Waals surface area contributed by atoms with Gasteiger partial charge >= 0.3 is 5.97 Å². The fraction of sp³-hybridized carbons (Fsp3) is 0.364. The minimum absolute atomic E-state index is 0.385. The van der Waals surface area contributed by atoms with Gasteiger partial charge in [0.05, 0.1) is 12.7 Å². The largest absolute Gasteiger partial charge is 0.465 e. The number of oxime groups is 1. The maximum Gasteiger partial charge on any atom is 0.338 e. The molecule has 7 heteroatoms. The Morgan fingerprint density at radius 2 is 1.76 bits per heavy atom. The molecule has 0 bridgehead atoms. The van der Waals surface area contributed by atoms with Gasteiger partial charge in [-0.3, -0.25) is 0 Å². The molecule has 0 unspecified atom stereocenters. The SMILES string of the molecule is C/C=C(\C(=O)OC)c1ccccc1Oc1nc(/C(C)=N\OC)nc(C)c1C.CC. The molecule has 0 aliphatic heterocycles. The van der Waals surface area contributed by atoms with E-state index in [4.69, 9.17) is 14.3 Å². The molecule has 2 rings (SSSR count). The Labute approximate surface area is 172 Å².